The van der Waals surface area contributed by atoms with Gasteiger partial charge in [-0.15, -0.1) is 0 Å². The maximum atomic E-state index is 13.4. The Labute approximate surface area is 198 Å². The molecule has 0 bridgehead atoms. The van der Waals surface area contributed by atoms with E-state index >= 15 is 0 Å². The fourth-order valence-electron chi connectivity index (χ4n) is 4.05. The molecule has 0 radical (unpaired) electrons. The lowest BCUT2D eigenvalue weighted by Gasteiger charge is -2.37. The minimum absolute atomic E-state index is 0.130. The first kappa shape index (κ1) is 24.9. The molecular formula is C25H32ClFN2O2S. The van der Waals surface area contributed by atoms with Gasteiger partial charge in [0.1, 0.15) is 5.82 Å². The van der Waals surface area contributed by atoms with Gasteiger partial charge in [-0.2, -0.15) is 0 Å². The van der Waals surface area contributed by atoms with Crippen molar-refractivity contribution in [1.82, 2.24) is 9.62 Å². The van der Waals surface area contributed by atoms with E-state index in [1.807, 2.05) is 32.0 Å². The molecule has 0 saturated carbocycles. The van der Waals surface area contributed by atoms with Gasteiger partial charge in [0.25, 0.3) is 0 Å². The highest BCUT2D eigenvalue weighted by atomic mass is 35.5. The molecule has 1 saturated heterocycles. The molecular weight excluding hydrogens is 447 g/mol. The van der Waals surface area contributed by atoms with Crippen molar-refractivity contribution in [3.05, 3.63) is 63.9 Å². The van der Waals surface area contributed by atoms with Gasteiger partial charge < -0.3 is 4.74 Å². The number of likely N-dealkylation sites (tertiary alicyclic amines) is 1. The van der Waals surface area contributed by atoms with Crippen LogP contribution in [0.3, 0.4) is 0 Å². The second-order valence-corrected chi connectivity index (χ2v) is 10.5. The Bertz CT molecular complexity index is 990. The summed E-state index contributed by atoms with van der Waals surface area (Å²) in [5.41, 5.74) is 2.93. The van der Waals surface area contributed by atoms with Gasteiger partial charge in [0.2, 0.25) is 0 Å². The highest BCUT2D eigenvalue weighted by Crippen LogP contribution is 2.30. The molecule has 2 aromatic rings. The van der Waals surface area contributed by atoms with Crippen molar-refractivity contribution in [2.24, 2.45) is 0 Å². The average molecular weight is 479 g/mol. The van der Waals surface area contributed by atoms with Crippen LogP contribution in [-0.4, -0.2) is 42.0 Å². The third kappa shape index (κ3) is 6.19. The van der Waals surface area contributed by atoms with Gasteiger partial charge >= 0.3 is 5.97 Å². The predicted octanol–water partition coefficient (Wildman–Crippen LogP) is 6.14. The van der Waals surface area contributed by atoms with Crippen LogP contribution >= 0.6 is 22.3 Å². The molecule has 3 rings (SSSR count). The van der Waals surface area contributed by atoms with Gasteiger partial charge in [-0.25, -0.2) is 9.18 Å². The minimum atomic E-state index is -0.436. The number of halogens is 2. The quantitative estimate of drug-likeness (QED) is 0.383. The monoisotopic (exact) mass is 478 g/mol. The van der Waals surface area contributed by atoms with Crippen LogP contribution in [0.25, 0.3) is 0 Å². The Morgan fingerprint density at radius 3 is 2.50 bits per heavy atom. The zero-order valence-electron chi connectivity index (χ0n) is 19.2. The Morgan fingerprint density at radius 2 is 1.91 bits per heavy atom. The summed E-state index contributed by atoms with van der Waals surface area (Å²) in [4.78, 5) is 15.6. The Morgan fingerprint density at radius 1 is 1.22 bits per heavy atom. The number of esters is 1. The summed E-state index contributed by atoms with van der Waals surface area (Å²) in [6.07, 6.45) is 1.89. The van der Waals surface area contributed by atoms with E-state index in [0.717, 1.165) is 36.4 Å². The summed E-state index contributed by atoms with van der Waals surface area (Å²) in [5.74, 6) is 3.53. The van der Waals surface area contributed by atoms with Crippen molar-refractivity contribution in [1.29, 1.82) is 0 Å². The molecule has 1 N–H and O–H groups in total. The number of ether oxygens (including phenoxy) is 1. The smallest absolute Gasteiger partial charge is 0.338 e. The maximum Gasteiger partial charge on any atom is 0.338 e. The van der Waals surface area contributed by atoms with E-state index in [1.54, 1.807) is 12.1 Å². The van der Waals surface area contributed by atoms with Crippen molar-refractivity contribution in [3.63, 3.8) is 0 Å². The number of hydrogen-bond donors (Lipinski definition) is 1. The van der Waals surface area contributed by atoms with E-state index in [4.69, 9.17) is 16.3 Å². The predicted molar refractivity (Wildman–Crippen MR) is 132 cm³/mol. The molecule has 0 spiro atoms. The summed E-state index contributed by atoms with van der Waals surface area (Å²) < 4.78 is 22.3. The third-order valence-electron chi connectivity index (χ3n) is 5.86. The largest absolute Gasteiger partial charge is 0.459 e. The molecule has 1 heterocycles. The molecule has 2 atom stereocenters. The number of benzene rings is 2. The van der Waals surface area contributed by atoms with Gasteiger partial charge in [-0.05, 0) is 82.0 Å². The Balaban J connectivity index is 1.57. The lowest BCUT2D eigenvalue weighted by molar-refractivity contribution is 0.0377. The van der Waals surface area contributed by atoms with Crippen LogP contribution < -0.4 is 4.72 Å². The molecule has 1 aliphatic heterocycles. The first-order chi connectivity index (χ1) is 15.2. The highest BCUT2D eigenvalue weighted by Gasteiger charge is 2.25. The fraction of sp³-hybridized carbons (Fsp3) is 0.440. The van der Waals surface area contributed by atoms with Crippen molar-refractivity contribution >= 4 is 34.1 Å². The number of hydrogen-bond acceptors (Lipinski definition) is 4. The number of aryl methyl sites for hydroxylation is 1. The molecule has 7 heteroatoms. The molecule has 0 aliphatic carbocycles. The molecule has 2 unspecified atom stereocenters. The van der Waals surface area contributed by atoms with Crippen molar-refractivity contribution in [3.8, 4) is 0 Å². The SMILES string of the molecule is C=S(NC1CCN(C(C)c2ccc(C(=O)OC(C)C)cc2C)CC1)c1ccc(F)c(Cl)c1. The Hall–Kier alpha value is -1.73. The van der Waals surface area contributed by atoms with Crippen LogP contribution in [-0.2, 0) is 4.74 Å². The van der Waals surface area contributed by atoms with Crippen molar-refractivity contribution < 1.29 is 13.9 Å². The maximum absolute atomic E-state index is 13.4. The van der Waals surface area contributed by atoms with E-state index in [-0.39, 0.29) is 23.1 Å². The number of nitrogens with one attached hydrogen (secondary N) is 1. The van der Waals surface area contributed by atoms with E-state index in [1.165, 1.54) is 11.6 Å². The fourth-order valence-corrected chi connectivity index (χ4v) is 5.57. The zero-order valence-corrected chi connectivity index (χ0v) is 20.7. The van der Waals surface area contributed by atoms with E-state index in [9.17, 15) is 9.18 Å². The van der Waals surface area contributed by atoms with E-state index in [0.29, 0.717) is 11.6 Å². The molecule has 1 aliphatic rings. The minimum Gasteiger partial charge on any atom is -0.459 e. The zero-order chi connectivity index (χ0) is 23.4. The van der Waals surface area contributed by atoms with Gasteiger partial charge in [-0.3, -0.25) is 9.62 Å². The lowest BCUT2D eigenvalue weighted by atomic mass is 9.96. The second-order valence-electron chi connectivity index (χ2n) is 8.60. The summed E-state index contributed by atoms with van der Waals surface area (Å²) in [5, 5.41) is 0.132. The van der Waals surface area contributed by atoms with Crippen LogP contribution in [0.4, 0.5) is 4.39 Å². The summed E-state index contributed by atoms with van der Waals surface area (Å²) in [6.45, 7) is 9.91. The van der Waals surface area contributed by atoms with E-state index in [2.05, 4.69) is 29.3 Å². The third-order valence-corrected chi connectivity index (χ3v) is 7.59. The topological polar surface area (TPSA) is 41.6 Å². The molecule has 0 aromatic heterocycles. The number of carbonyl (C=O) groups is 1. The normalized spacial score (nSPS) is 17.3. The summed E-state index contributed by atoms with van der Waals surface area (Å²) in [7, 11) is -0.436. The van der Waals surface area contributed by atoms with Gasteiger partial charge in [-0.1, -0.05) is 34.2 Å². The first-order valence-electron chi connectivity index (χ1n) is 11.0. The highest BCUT2D eigenvalue weighted by molar-refractivity contribution is 8.12. The standard InChI is InChI=1S/C25H32ClFN2O2S/c1-16(2)31-25(30)19-6-8-22(17(3)14-19)18(4)29-12-10-20(11-13-29)28-32(5)21-7-9-24(27)23(26)15-21/h6-9,14-16,18,20,28H,5,10-13H2,1-4H3. The molecule has 0 amide bonds. The number of rotatable bonds is 7. The van der Waals surface area contributed by atoms with Crippen LogP contribution in [0.2, 0.25) is 5.02 Å². The number of piperidine rings is 1. The number of carbonyl (C=O) groups excluding carboxylic acids is 1. The van der Waals surface area contributed by atoms with Crippen molar-refractivity contribution in [2.45, 2.75) is 63.6 Å². The Kier molecular flexibility index (Phi) is 8.50. The molecule has 2 aromatic carbocycles. The lowest BCUT2D eigenvalue weighted by Crippen LogP contribution is -2.42. The van der Waals surface area contributed by atoms with Crippen molar-refractivity contribution in [2.75, 3.05) is 13.1 Å². The molecule has 4 nitrogen and oxygen atoms in total. The van der Waals surface area contributed by atoms with Gasteiger partial charge in [0.15, 0.2) is 0 Å². The van der Waals surface area contributed by atoms with Crippen LogP contribution in [0.5, 0.6) is 0 Å². The molecule has 32 heavy (non-hydrogen) atoms. The second kappa shape index (κ2) is 10.9. The number of nitrogens with zero attached hydrogens (tertiary/aromatic N) is 1. The summed E-state index contributed by atoms with van der Waals surface area (Å²) >= 11 is 5.92. The average Bonchev–Trinajstić information content (AvgIpc) is 2.75. The molecule has 1 fully saturated rings. The van der Waals surface area contributed by atoms with Crippen LogP contribution in [0.15, 0.2) is 41.3 Å². The summed E-state index contributed by atoms with van der Waals surface area (Å²) in [6, 6.07) is 11.2. The molecule has 174 valence electrons. The van der Waals surface area contributed by atoms with Gasteiger partial charge in [0.05, 0.1) is 16.7 Å². The van der Waals surface area contributed by atoms with E-state index < -0.39 is 16.5 Å². The first-order valence-corrected chi connectivity index (χ1v) is 12.7. The van der Waals surface area contributed by atoms with Gasteiger partial charge in [0, 0.05) is 30.1 Å². The van der Waals surface area contributed by atoms with Crippen LogP contribution in [0.1, 0.15) is 61.1 Å². The van der Waals surface area contributed by atoms with Crippen LogP contribution in [0, 0.1) is 12.7 Å².